The van der Waals surface area contributed by atoms with E-state index in [0.717, 1.165) is 38.6 Å². The highest BCUT2D eigenvalue weighted by molar-refractivity contribution is 6.19. The molecule has 4 aliphatic rings. The Labute approximate surface area is 647 Å². The molecule has 8 heterocycles. The third-order valence-electron chi connectivity index (χ3n) is 24.5. The highest BCUT2D eigenvalue weighted by atomic mass is 15.2. The largest absolute Gasteiger partial charge is 0.278 e. The predicted molar refractivity (Wildman–Crippen MR) is 456 cm³/mol. The second-order valence-electron chi connectivity index (χ2n) is 31.9. The third-order valence-corrected chi connectivity index (χ3v) is 24.5. The molecule has 536 valence electrons. The summed E-state index contributed by atoms with van der Waals surface area (Å²) in [6, 6.07) is 95.1. The lowest BCUT2D eigenvalue weighted by atomic mass is 9.80. The van der Waals surface area contributed by atoms with Crippen molar-refractivity contribution in [2.75, 3.05) is 0 Å². The first-order chi connectivity index (χ1) is 54.7. The zero-order valence-corrected chi connectivity index (χ0v) is 63.4. The van der Waals surface area contributed by atoms with Gasteiger partial charge in [0.1, 0.15) is 0 Å². The summed E-state index contributed by atoms with van der Waals surface area (Å²) in [4.78, 5) is 36.4. The molecule has 4 aliphatic carbocycles. The lowest BCUT2D eigenvalue weighted by Crippen LogP contribution is -2.15. The van der Waals surface area contributed by atoms with Gasteiger partial charge in [0.05, 0.1) is 44.1 Å². The lowest BCUT2D eigenvalue weighted by molar-refractivity contribution is 0.660. The van der Waals surface area contributed by atoms with Crippen molar-refractivity contribution < 1.29 is 0 Å². The van der Waals surface area contributed by atoms with Gasteiger partial charge >= 0.3 is 0 Å². The number of hydrogen-bond donors (Lipinski definition) is 0. The zero-order valence-electron chi connectivity index (χ0n) is 63.4. The first-order valence-electron chi connectivity index (χ1n) is 38.5. The van der Waals surface area contributed by atoms with Crippen LogP contribution in [0.2, 0.25) is 0 Å². The lowest BCUT2D eigenvalue weighted by Gasteiger charge is -2.22. The van der Waals surface area contributed by atoms with Crippen LogP contribution in [-0.2, 0) is 21.7 Å². The van der Waals surface area contributed by atoms with E-state index >= 15 is 0 Å². The maximum atomic E-state index is 4.59. The van der Waals surface area contributed by atoms with Crippen LogP contribution in [0.5, 0.6) is 0 Å². The summed E-state index contributed by atoms with van der Waals surface area (Å²) >= 11 is 0. The molecule has 0 saturated heterocycles. The average molecular weight is 1450 g/mol. The van der Waals surface area contributed by atoms with Crippen molar-refractivity contribution in [3.8, 4) is 68.3 Å². The number of benzene rings is 12. The fourth-order valence-electron chi connectivity index (χ4n) is 19.5. The SMILES string of the molecule is CC1(C)c2ccccc2-c2c1ccc1c2c2ccccc2n1-c1ncccn1.CC1(C)c2ccccc2-c2c1ccc1c3ccccc3n(-c3ncccn3)c21.CC1(C)c2ccccc2-c2cc3c4ccccc4n(-c4ncccn4)c3cc21.CC1(C)c2ccccc2-c2ccc3c(c21)c1ccccc1n3-c1ncccn1. The van der Waals surface area contributed by atoms with Crippen molar-refractivity contribution in [3.63, 3.8) is 0 Å². The molecular formula is C100H76N12. The number of para-hydroxylation sites is 4. The maximum absolute atomic E-state index is 4.59. The Kier molecular flexibility index (Phi) is 14.7. The molecule has 0 fully saturated rings. The molecule has 0 amide bonds. The molecule has 12 nitrogen and oxygen atoms in total. The van der Waals surface area contributed by atoms with Crippen LogP contribution in [0.15, 0.2) is 316 Å². The topological polar surface area (TPSA) is 123 Å². The van der Waals surface area contributed by atoms with Crippen LogP contribution in [0.1, 0.15) is 99.9 Å². The van der Waals surface area contributed by atoms with Crippen LogP contribution in [0, 0.1) is 0 Å². The van der Waals surface area contributed by atoms with Gasteiger partial charge in [-0.1, -0.05) is 250 Å². The molecular weight excluding hydrogens is 1370 g/mol. The smallest absolute Gasteiger partial charge is 0.234 e. The van der Waals surface area contributed by atoms with Gasteiger partial charge in [0.25, 0.3) is 0 Å². The van der Waals surface area contributed by atoms with Crippen LogP contribution in [-0.4, -0.2) is 58.1 Å². The molecule has 8 aromatic heterocycles. The van der Waals surface area contributed by atoms with Crippen molar-refractivity contribution in [2.45, 2.75) is 77.0 Å². The molecule has 0 spiro atoms. The highest BCUT2D eigenvalue weighted by Gasteiger charge is 2.42. The minimum atomic E-state index is -0.0576. The van der Waals surface area contributed by atoms with Crippen molar-refractivity contribution in [1.82, 2.24) is 58.1 Å². The van der Waals surface area contributed by atoms with Gasteiger partial charge < -0.3 is 0 Å². The molecule has 12 heteroatoms. The second kappa shape index (κ2) is 24.8. The van der Waals surface area contributed by atoms with Gasteiger partial charge in [-0.05, 0) is 156 Å². The molecule has 0 N–H and O–H groups in total. The summed E-state index contributed by atoms with van der Waals surface area (Å²) in [6.45, 7) is 18.6. The summed E-state index contributed by atoms with van der Waals surface area (Å²) in [5.41, 5.74) is 30.8. The van der Waals surface area contributed by atoms with Gasteiger partial charge in [-0.25, -0.2) is 39.9 Å². The van der Waals surface area contributed by atoms with Crippen molar-refractivity contribution in [3.05, 3.63) is 361 Å². The Balaban J connectivity index is 0.0000000943. The Morgan fingerprint density at radius 1 is 0.205 bits per heavy atom. The number of fused-ring (bicyclic) bond motifs is 27. The van der Waals surface area contributed by atoms with E-state index in [2.05, 4.69) is 356 Å². The normalized spacial score (nSPS) is 14.4. The van der Waals surface area contributed by atoms with Crippen LogP contribution in [0.25, 0.3) is 156 Å². The fraction of sp³-hybridized carbons (Fsp3) is 0.120. The number of nitrogens with zero attached hydrogens (tertiary/aromatic N) is 12. The monoisotopic (exact) mass is 1440 g/mol. The highest BCUT2D eigenvalue weighted by Crippen LogP contribution is 2.57. The molecule has 112 heavy (non-hydrogen) atoms. The first kappa shape index (κ1) is 66.4. The number of rotatable bonds is 4. The van der Waals surface area contributed by atoms with E-state index in [9.17, 15) is 0 Å². The van der Waals surface area contributed by atoms with Gasteiger partial charge in [-0.3, -0.25) is 18.3 Å². The van der Waals surface area contributed by atoms with E-state index in [0.29, 0.717) is 23.8 Å². The molecule has 20 aromatic rings. The first-order valence-corrected chi connectivity index (χ1v) is 38.5. The molecule has 24 rings (SSSR count). The number of hydrogen-bond acceptors (Lipinski definition) is 8. The van der Waals surface area contributed by atoms with Crippen molar-refractivity contribution >= 4 is 87.2 Å². The van der Waals surface area contributed by atoms with Gasteiger partial charge in [0, 0.05) is 120 Å². The Morgan fingerprint density at radius 2 is 0.554 bits per heavy atom. The van der Waals surface area contributed by atoms with Crippen LogP contribution in [0.4, 0.5) is 0 Å². The Bertz CT molecular complexity index is 7170. The molecule has 0 bridgehead atoms. The van der Waals surface area contributed by atoms with E-state index < -0.39 is 0 Å². The minimum Gasteiger partial charge on any atom is -0.278 e. The van der Waals surface area contributed by atoms with Crippen LogP contribution < -0.4 is 0 Å². The van der Waals surface area contributed by atoms with E-state index in [4.69, 9.17) is 0 Å². The van der Waals surface area contributed by atoms with Crippen molar-refractivity contribution in [2.24, 2.45) is 0 Å². The summed E-state index contributed by atoms with van der Waals surface area (Å²) in [5.74, 6) is 2.84. The summed E-state index contributed by atoms with van der Waals surface area (Å²) in [6.07, 6.45) is 14.4. The molecule has 0 radical (unpaired) electrons. The molecule has 12 aromatic carbocycles. The van der Waals surface area contributed by atoms with E-state index in [1.807, 2.05) is 36.7 Å². The molecule has 0 unspecified atom stereocenters. The van der Waals surface area contributed by atoms with E-state index in [1.165, 1.54) is 138 Å². The molecule has 0 saturated carbocycles. The average Bonchev–Trinajstić information content (AvgIpc) is 1.57. The van der Waals surface area contributed by atoms with Gasteiger partial charge in [-0.2, -0.15) is 0 Å². The second-order valence-corrected chi connectivity index (χ2v) is 31.9. The Hall–Kier alpha value is -13.8. The number of aromatic nitrogens is 12. The maximum Gasteiger partial charge on any atom is 0.234 e. The predicted octanol–water partition coefficient (Wildman–Crippen LogP) is 23.5. The summed E-state index contributed by atoms with van der Waals surface area (Å²) in [5, 5.41) is 10.0. The van der Waals surface area contributed by atoms with E-state index in [-0.39, 0.29) is 21.7 Å². The minimum absolute atomic E-state index is 0.00737. The summed E-state index contributed by atoms with van der Waals surface area (Å²) in [7, 11) is 0. The quantitative estimate of drug-likeness (QED) is 0.171. The van der Waals surface area contributed by atoms with Crippen LogP contribution >= 0.6 is 0 Å². The summed E-state index contributed by atoms with van der Waals surface area (Å²) < 4.78 is 8.77. The Morgan fingerprint density at radius 3 is 1.08 bits per heavy atom. The van der Waals surface area contributed by atoms with Crippen LogP contribution in [0.3, 0.4) is 0 Å². The van der Waals surface area contributed by atoms with E-state index in [1.54, 1.807) is 37.2 Å². The van der Waals surface area contributed by atoms with Gasteiger partial charge in [0.2, 0.25) is 23.8 Å². The van der Waals surface area contributed by atoms with Gasteiger partial charge in [0.15, 0.2) is 0 Å². The van der Waals surface area contributed by atoms with Gasteiger partial charge in [-0.15, -0.1) is 0 Å². The van der Waals surface area contributed by atoms with Crippen molar-refractivity contribution in [1.29, 1.82) is 0 Å². The molecule has 0 atom stereocenters. The molecule has 0 aliphatic heterocycles. The third kappa shape index (κ3) is 9.60. The zero-order chi connectivity index (χ0) is 75.5. The fourth-order valence-corrected chi connectivity index (χ4v) is 19.5. The standard InChI is InChI=1S/4C25H19N3/c1-25(2)19-10-5-3-9-18(19)22-20(25)13-12-17-16-8-4-6-11-21(16)28(23(17)22)24-26-14-7-15-27-24;1-25(2)19-10-5-3-8-16(19)17-12-13-21-22(23(17)25)18-9-4-6-11-20(18)28(21)24-26-14-7-15-27-24;1-25(2)18-10-5-3-8-16(18)22-19(25)12-13-21-23(22)17-9-4-6-11-20(17)28(21)24-26-14-7-15-27-24;1-25(2)20-10-5-3-8-16(20)18-14-19-17-9-4-6-11-22(17)28(23(19)15-21(18)25)24-26-12-7-13-27-24/h4*3-15H,1-2H3.